The third-order valence-electron chi connectivity index (χ3n) is 3.80. The highest BCUT2D eigenvalue weighted by Crippen LogP contribution is 2.46. The summed E-state index contributed by atoms with van der Waals surface area (Å²) in [5, 5.41) is 5.53. The van der Waals surface area contributed by atoms with Crippen LogP contribution < -0.4 is 10.6 Å². The SMILES string of the molecule is COCCCNC(=O)C1(C(=O)NCc2ccc(F)cc2)CC1. The van der Waals surface area contributed by atoms with Crippen molar-refractivity contribution in [3.8, 4) is 0 Å². The Hall–Kier alpha value is -1.95. The van der Waals surface area contributed by atoms with Crippen molar-refractivity contribution in [2.75, 3.05) is 20.3 Å². The summed E-state index contributed by atoms with van der Waals surface area (Å²) in [4.78, 5) is 24.4. The summed E-state index contributed by atoms with van der Waals surface area (Å²) in [6.45, 7) is 1.36. The lowest BCUT2D eigenvalue weighted by molar-refractivity contribution is -0.137. The molecule has 2 N–H and O–H groups in total. The second-order valence-corrected chi connectivity index (χ2v) is 5.49. The lowest BCUT2D eigenvalue weighted by atomic mass is 10.0. The molecule has 0 unspecified atom stereocenters. The minimum Gasteiger partial charge on any atom is -0.385 e. The third-order valence-corrected chi connectivity index (χ3v) is 3.80. The van der Waals surface area contributed by atoms with Crippen molar-refractivity contribution in [3.63, 3.8) is 0 Å². The molecule has 2 rings (SSSR count). The molecule has 1 saturated carbocycles. The smallest absolute Gasteiger partial charge is 0.235 e. The predicted octanol–water partition coefficient (Wildman–Crippen LogP) is 1.37. The molecule has 0 radical (unpaired) electrons. The Labute approximate surface area is 129 Å². The highest BCUT2D eigenvalue weighted by Gasteiger charge is 2.56. The summed E-state index contributed by atoms with van der Waals surface area (Å²) in [7, 11) is 1.60. The number of carbonyl (C=O) groups excluding carboxylic acids is 2. The van der Waals surface area contributed by atoms with Gasteiger partial charge in [0.2, 0.25) is 11.8 Å². The second-order valence-electron chi connectivity index (χ2n) is 5.49. The van der Waals surface area contributed by atoms with Gasteiger partial charge < -0.3 is 15.4 Å². The molecule has 1 aliphatic rings. The highest BCUT2D eigenvalue weighted by atomic mass is 19.1. The van der Waals surface area contributed by atoms with Crippen LogP contribution in [0.2, 0.25) is 0 Å². The van der Waals surface area contributed by atoms with Crippen LogP contribution in [0.15, 0.2) is 24.3 Å². The highest BCUT2D eigenvalue weighted by molar-refractivity contribution is 6.07. The van der Waals surface area contributed by atoms with Crippen LogP contribution in [0.5, 0.6) is 0 Å². The van der Waals surface area contributed by atoms with E-state index < -0.39 is 5.41 Å². The number of carbonyl (C=O) groups is 2. The van der Waals surface area contributed by atoms with Gasteiger partial charge in [-0.05, 0) is 37.0 Å². The van der Waals surface area contributed by atoms with E-state index in [-0.39, 0.29) is 24.2 Å². The van der Waals surface area contributed by atoms with Crippen molar-refractivity contribution >= 4 is 11.8 Å². The molecule has 0 spiro atoms. The molecular formula is C16H21FN2O3. The lowest BCUT2D eigenvalue weighted by Gasteiger charge is -2.15. The summed E-state index contributed by atoms with van der Waals surface area (Å²) in [5.41, 5.74) is -0.126. The first kappa shape index (κ1) is 16.4. The van der Waals surface area contributed by atoms with Gasteiger partial charge >= 0.3 is 0 Å². The zero-order chi connectivity index (χ0) is 16.0. The molecular weight excluding hydrogens is 287 g/mol. The van der Waals surface area contributed by atoms with Gasteiger partial charge in [-0.2, -0.15) is 0 Å². The van der Waals surface area contributed by atoms with E-state index in [1.165, 1.54) is 12.1 Å². The summed E-state index contributed by atoms with van der Waals surface area (Å²) < 4.78 is 17.7. The number of nitrogens with one attached hydrogen (secondary N) is 2. The number of amides is 2. The molecule has 1 aliphatic carbocycles. The number of halogens is 1. The molecule has 120 valence electrons. The van der Waals surface area contributed by atoms with Crippen LogP contribution in [0.25, 0.3) is 0 Å². The molecule has 0 heterocycles. The average Bonchev–Trinajstić information content (AvgIpc) is 3.32. The maximum absolute atomic E-state index is 12.8. The van der Waals surface area contributed by atoms with Crippen LogP contribution in [-0.4, -0.2) is 32.1 Å². The van der Waals surface area contributed by atoms with Gasteiger partial charge in [-0.3, -0.25) is 9.59 Å². The predicted molar refractivity (Wildman–Crippen MR) is 79.4 cm³/mol. The Kier molecular flexibility index (Phi) is 5.49. The summed E-state index contributed by atoms with van der Waals surface area (Å²) >= 11 is 0. The second kappa shape index (κ2) is 7.35. The fourth-order valence-corrected chi connectivity index (χ4v) is 2.22. The fourth-order valence-electron chi connectivity index (χ4n) is 2.22. The Morgan fingerprint density at radius 2 is 1.82 bits per heavy atom. The van der Waals surface area contributed by atoms with E-state index in [1.807, 2.05) is 0 Å². The standard InChI is InChI=1S/C16H21FN2O3/c1-22-10-2-9-18-14(20)16(7-8-16)15(21)19-11-12-3-5-13(17)6-4-12/h3-6H,2,7-11H2,1H3,(H,18,20)(H,19,21). The first-order chi connectivity index (χ1) is 10.6. The van der Waals surface area contributed by atoms with Crippen molar-refractivity contribution in [1.82, 2.24) is 10.6 Å². The van der Waals surface area contributed by atoms with Crippen LogP contribution in [-0.2, 0) is 20.9 Å². The van der Waals surface area contributed by atoms with Crippen molar-refractivity contribution < 1.29 is 18.7 Å². The van der Waals surface area contributed by atoms with Crippen LogP contribution >= 0.6 is 0 Å². The van der Waals surface area contributed by atoms with Crippen LogP contribution in [0, 0.1) is 11.2 Å². The quantitative estimate of drug-likeness (QED) is 0.563. The number of methoxy groups -OCH3 is 1. The molecule has 0 aromatic heterocycles. The van der Waals surface area contributed by atoms with E-state index in [2.05, 4.69) is 10.6 Å². The maximum Gasteiger partial charge on any atom is 0.235 e. The molecule has 1 aromatic carbocycles. The van der Waals surface area contributed by atoms with Gasteiger partial charge in [0.1, 0.15) is 11.2 Å². The molecule has 1 aromatic rings. The Balaban J connectivity index is 1.80. The minimum atomic E-state index is -0.924. The van der Waals surface area contributed by atoms with E-state index >= 15 is 0 Å². The molecule has 0 bridgehead atoms. The largest absolute Gasteiger partial charge is 0.385 e. The van der Waals surface area contributed by atoms with Gasteiger partial charge in [0, 0.05) is 26.8 Å². The zero-order valence-corrected chi connectivity index (χ0v) is 12.7. The molecule has 0 aliphatic heterocycles. The van der Waals surface area contributed by atoms with Crippen molar-refractivity contribution in [2.24, 2.45) is 5.41 Å². The van der Waals surface area contributed by atoms with Gasteiger partial charge in [-0.15, -0.1) is 0 Å². The van der Waals surface area contributed by atoms with Crippen molar-refractivity contribution in [3.05, 3.63) is 35.6 Å². The van der Waals surface area contributed by atoms with Crippen LogP contribution in [0.3, 0.4) is 0 Å². The molecule has 5 nitrogen and oxygen atoms in total. The Morgan fingerprint density at radius 3 is 2.41 bits per heavy atom. The van der Waals surface area contributed by atoms with E-state index in [0.29, 0.717) is 26.0 Å². The van der Waals surface area contributed by atoms with Gasteiger partial charge in [-0.25, -0.2) is 4.39 Å². The van der Waals surface area contributed by atoms with Crippen LogP contribution in [0.1, 0.15) is 24.8 Å². The number of ether oxygens (including phenoxy) is 1. The van der Waals surface area contributed by atoms with Crippen molar-refractivity contribution in [2.45, 2.75) is 25.8 Å². The van der Waals surface area contributed by atoms with E-state index in [1.54, 1.807) is 19.2 Å². The summed E-state index contributed by atoms with van der Waals surface area (Å²) in [6.07, 6.45) is 1.85. The van der Waals surface area contributed by atoms with Gasteiger partial charge in [0.15, 0.2) is 0 Å². The number of hydrogen-bond acceptors (Lipinski definition) is 3. The Bertz CT molecular complexity index is 527. The van der Waals surface area contributed by atoms with E-state index in [9.17, 15) is 14.0 Å². The van der Waals surface area contributed by atoms with E-state index in [4.69, 9.17) is 4.74 Å². The molecule has 6 heteroatoms. The van der Waals surface area contributed by atoms with Gasteiger partial charge in [0.05, 0.1) is 0 Å². The summed E-state index contributed by atoms with van der Waals surface area (Å²) in [6, 6.07) is 5.91. The molecule has 2 amide bonds. The lowest BCUT2D eigenvalue weighted by Crippen LogP contribution is -2.43. The monoisotopic (exact) mass is 308 g/mol. The molecule has 0 saturated heterocycles. The van der Waals surface area contributed by atoms with Gasteiger partial charge in [-0.1, -0.05) is 12.1 Å². The van der Waals surface area contributed by atoms with Gasteiger partial charge in [0.25, 0.3) is 0 Å². The summed E-state index contributed by atoms with van der Waals surface area (Å²) in [5.74, 6) is -0.801. The van der Waals surface area contributed by atoms with E-state index in [0.717, 1.165) is 12.0 Å². The fraction of sp³-hybridized carbons (Fsp3) is 0.500. The normalized spacial score (nSPS) is 15.2. The number of hydrogen-bond donors (Lipinski definition) is 2. The maximum atomic E-state index is 12.8. The molecule has 1 fully saturated rings. The zero-order valence-electron chi connectivity index (χ0n) is 12.7. The first-order valence-corrected chi connectivity index (χ1v) is 7.38. The Morgan fingerprint density at radius 1 is 1.18 bits per heavy atom. The molecule has 22 heavy (non-hydrogen) atoms. The number of benzene rings is 1. The minimum absolute atomic E-state index is 0.222. The van der Waals surface area contributed by atoms with Crippen molar-refractivity contribution in [1.29, 1.82) is 0 Å². The van der Waals surface area contributed by atoms with Crippen LogP contribution in [0.4, 0.5) is 4.39 Å². The molecule has 0 atom stereocenters. The average molecular weight is 308 g/mol. The number of rotatable bonds is 8. The topological polar surface area (TPSA) is 67.4 Å². The third kappa shape index (κ3) is 4.04. The first-order valence-electron chi connectivity index (χ1n) is 7.38.